The lowest BCUT2D eigenvalue weighted by molar-refractivity contribution is -0.173. The monoisotopic (exact) mass is 247 g/mol. The van der Waals surface area contributed by atoms with Crippen molar-refractivity contribution in [2.45, 2.75) is 19.3 Å². The molecule has 0 aromatic carbocycles. The van der Waals surface area contributed by atoms with Gasteiger partial charge in [0.05, 0.1) is 7.11 Å². The Bertz CT molecular complexity index is 228. The summed E-state index contributed by atoms with van der Waals surface area (Å²) in [7, 11) is 3.15. The molecule has 0 radical (unpaired) electrons. The molecule has 74 valence electrons. The van der Waals surface area contributed by atoms with E-state index in [1.54, 1.807) is 7.05 Å². The van der Waals surface area contributed by atoms with Crippen LogP contribution < -0.4 is 0 Å². The maximum Gasteiger partial charge on any atom is 0.249 e. The minimum absolute atomic E-state index is 0.0683. The minimum Gasteiger partial charge on any atom is -0.275 e. The van der Waals surface area contributed by atoms with E-state index in [0.29, 0.717) is 0 Å². The van der Waals surface area contributed by atoms with Crippen molar-refractivity contribution in [3.63, 3.8) is 0 Å². The molecule has 0 unspecified atom stereocenters. The first-order chi connectivity index (χ1) is 6.15. The molecule has 0 N–H and O–H groups in total. The largest absolute Gasteiger partial charge is 0.275 e. The number of halogens is 1. The van der Waals surface area contributed by atoms with Gasteiger partial charge in [0.1, 0.15) is 0 Å². The molecule has 0 heterocycles. The Morgan fingerprint density at radius 2 is 2.46 bits per heavy atom. The normalized spacial score (nSPS) is 22.4. The molecular weight excluding hydrogens is 234 g/mol. The van der Waals surface area contributed by atoms with Gasteiger partial charge in [-0.05, 0) is 23.7 Å². The van der Waals surface area contributed by atoms with E-state index in [9.17, 15) is 4.79 Å². The van der Waals surface area contributed by atoms with Gasteiger partial charge in [-0.15, -0.1) is 0 Å². The Hall–Kier alpha value is -0.350. The van der Waals surface area contributed by atoms with Crippen molar-refractivity contribution in [3.8, 4) is 0 Å². The molecule has 0 saturated heterocycles. The first-order valence-corrected chi connectivity index (χ1v) is 5.10. The second kappa shape index (κ2) is 4.77. The third-order valence-electron chi connectivity index (χ3n) is 2.29. The van der Waals surface area contributed by atoms with Crippen LogP contribution in [0.2, 0.25) is 0 Å². The summed E-state index contributed by atoms with van der Waals surface area (Å²) in [6.45, 7) is 0. The Balaban J connectivity index is 2.50. The zero-order valence-electron chi connectivity index (χ0n) is 7.92. The highest BCUT2D eigenvalue weighted by Gasteiger charge is 2.23. The van der Waals surface area contributed by atoms with Gasteiger partial charge < -0.3 is 0 Å². The quantitative estimate of drug-likeness (QED) is 0.700. The molecular formula is C9H14BrNO2. The molecule has 0 aliphatic heterocycles. The van der Waals surface area contributed by atoms with Crippen molar-refractivity contribution in [1.29, 1.82) is 0 Å². The predicted molar refractivity (Wildman–Crippen MR) is 54.1 cm³/mol. The molecule has 0 spiro atoms. The van der Waals surface area contributed by atoms with Gasteiger partial charge in [-0.25, -0.2) is 5.06 Å². The first kappa shape index (κ1) is 10.7. The number of hydroxylamine groups is 2. The van der Waals surface area contributed by atoms with Gasteiger partial charge >= 0.3 is 0 Å². The number of nitrogens with zero attached hydrogens (tertiary/aromatic N) is 1. The van der Waals surface area contributed by atoms with Gasteiger partial charge in [-0.3, -0.25) is 9.63 Å². The van der Waals surface area contributed by atoms with Crippen LogP contribution in [0.25, 0.3) is 0 Å². The molecule has 1 rings (SSSR count). The van der Waals surface area contributed by atoms with Gasteiger partial charge in [0.25, 0.3) is 0 Å². The van der Waals surface area contributed by atoms with E-state index in [2.05, 4.69) is 22.0 Å². The lowest BCUT2D eigenvalue weighted by atomic mass is 9.93. The summed E-state index contributed by atoms with van der Waals surface area (Å²) in [5.41, 5.74) is 0. The van der Waals surface area contributed by atoms with Crippen molar-refractivity contribution in [1.82, 2.24) is 5.06 Å². The second-order valence-corrected chi connectivity index (χ2v) is 4.16. The van der Waals surface area contributed by atoms with Crippen LogP contribution in [0.1, 0.15) is 19.3 Å². The lowest BCUT2D eigenvalue weighted by Gasteiger charge is -2.23. The van der Waals surface area contributed by atoms with Gasteiger partial charge in [0.15, 0.2) is 0 Å². The van der Waals surface area contributed by atoms with Crippen molar-refractivity contribution in [3.05, 3.63) is 10.6 Å². The Morgan fingerprint density at radius 3 is 2.92 bits per heavy atom. The number of hydrogen-bond donors (Lipinski definition) is 0. The number of allylic oxidation sites excluding steroid dienone is 2. The van der Waals surface area contributed by atoms with Crippen molar-refractivity contribution >= 4 is 21.8 Å². The average Bonchev–Trinajstić information content (AvgIpc) is 2.17. The molecule has 4 heteroatoms. The van der Waals surface area contributed by atoms with Crippen LogP contribution >= 0.6 is 15.9 Å². The molecule has 3 nitrogen and oxygen atoms in total. The fourth-order valence-electron chi connectivity index (χ4n) is 1.37. The number of carbonyl (C=O) groups is 1. The molecule has 1 aliphatic rings. The van der Waals surface area contributed by atoms with Gasteiger partial charge in [0, 0.05) is 13.0 Å². The van der Waals surface area contributed by atoms with E-state index in [4.69, 9.17) is 4.84 Å². The highest BCUT2D eigenvalue weighted by Crippen LogP contribution is 2.27. The zero-order valence-corrected chi connectivity index (χ0v) is 9.50. The van der Waals surface area contributed by atoms with Crippen LogP contribution in [0.4, 0.5) is 0 Å². The van der Waals surface area contributed by atoms with Crippen LogP contribution in [0, 0.1) is 5.92 Å². The molecule has 0 aromatic rings. The fourth-order valence-corrected chi connectivity index (χ4v) is 1.79. The Morgan fingerprint density at radius 1 is 1.77 bits per heavy atom. The van der Waals surface area contributed by atoms with Crippen LogP contribution in [0.5, 0.6) is 0 Å². The summed E-state index contributed by atoms with van der Waals surface area (Å²) in [5.74, 6) is 0.157. The number of carbonyl (C=O) groups excluding carboxylic acids is 1. The number of hydrogen-bond acceptors (Lipinski definition) is 2. The molecule has 0 bridgehead atoms. The second-order valence-electron chi connectivity index (χ2n) is 3.14. The van der Waals surface area contributed by atoms with Crippen LogP contribution in [0.3, 0.4) is 0 Å². The molecule has 0 saturated carbocycles. The topological polar surface area (TPSA) is 29.5 Å². The van der Waals surface area contributed by atoms with Gasteiger partial charge in [-0.2, -0.15) is 0 Å². The highest BCUT2D eigenvalue weighted by molar-refractivity contribution is 9.11. The highest BCUT2D eigenvalue weighted by atomic mass is 79.9. The van der Waals surface area contributed by atoms with Crippen molar-refractivity contribution in [2.75, 3.05) is 14.2 Å². The number of rotatable bonds is 2. The SMILES string of the molecule is CON(C)C(=O)[C@@H]1CC=C(Br)CC1. The van der Waals surface area contributed by atoms with E-state index >= 15 is 0 Å². The fraction of sp³-hybridized carbons (Fsp3) is 0.667. The lowest BCUT2D eigenvalue weighted by Crippen LogP contribution is -2.32. The average molecular weight is 248 g/mol. The Kier molecular flexibility index (Phi) is 3.93. The standard InChI is InChI=1S/C9H14BrNO2/c1-11(13-2)9(12)7-3-5-8(10)6-4-7/h5,7H,3-4,6H2,1-2H3/t7-/m1/s1. The van der Waals surface area contributed by atoms with Crippen molar-refractivity contribution in [2.24, 2.45) is 5.92 Å². The van der Waals surface area contributed by atoms with Crippen molar-refractivity contribution < 1.29 is 9.63 Å². The van der Waals surface area contributed by atoms with Crippen LogP contribution in [-0.4, -0.2) is 25.1 Å². The van der Waals surface area contributed by atoms with E-state index in [0.717, 1.165) is 19.3 Å². The Labute approximate surface area is 86.8 Å². The van der Waals surface area contributed by atoms with E-state index < -0.39 is 0 Å². The maximum atomic E-state index is 11.6. The third kappa shape index (κ3) is 2.81. The molecule has 1 amide bonds. The first-order valence-electron chi connectivity index (χ1n) is 4.31. The number of amides is 1. The third-order valence-corrected chi connectivity index (χ3v) is 3.01. The molecule has 0 aromatic heterocycles. The minimum atomic E-state index is 0.0683. The summed E-state index contributed by atoms with van der Waals surface area (Å²) in [5, 5.41) is 1.30. The van der Waals surface area contributed by atoms with Crippen LogP contribution in [0.15, 0.2) is 10.6 Å². The van der Waals surface area contributed by atoms with Gasteiger partial charge in [-0.1, -0.05) is 22.0 Å². The summed E-state index contributed by atoms with van der Waals surface area (Å²) in [6, 6.07) is 0. The van der Waals surface area contributed by atoms with E-state index in [1.807, 2.05) is 0 Å². The zero-order chi connectivity index (χ0) is 9.84. The summed E-state index contributed by atoms with van der Waals surface area (Å²) in [6.07, 6.45) is 4.74. The predicted octanol–water partition coefficient (Wildman–Crippen LogP) is 2.09. The van der Waals surface area contributed by atoms with Gasteiger partial charge in [0.2, 0.25) is 5.91 Å². The summed E-state index contributed by atoms with van der Waals surface area (Å²) < 4.78 is 1.21. The van der Waals surface area contributed by atoms with E-state index in [-0.39, 0.29) is 11.8 Å². The maximum absolute atomic E-state index is 11.6. The summed E-state index contributed by atoms with van der Waals surface area (Å²) in [4.78, 5) is 16.4. The molecule has 0 fully saturated rings. The van der Waals surface area contributed by atoms with Crippen LogP contribution in [-0.2, 0) is 9.63 Å². The summed E-state index contributed by atoms with van der Waals surface area (Å²) >= 11 is 3.42. The molecule has 13 heavy (non-hydrogen) atoms. The smallest absolute Gasteiger partial charge is 0.249 e. The molecule has 1 aliphatic carbocycles. The molecule has 1 atom stereocenters. The van der Waals surface area contributed by atoms with E-state index in [1.165, 1.54) is 16.7 Å².